The highest BCUT2D eigenvalue weighted by atomic mass is 32.2. The minimum absolute atomic E-state index is 0.0285. The summed E-state index contributed by atoms with van der Waals surface area (Å²) in [5.74, 6) is 1.39. The summed E-state index contributed by atoms with van der Waals surface area (Å²) in [7, 11) is -3.44. The van der Waals surface area contributed by atoms with Crippen molar-refractivity contribution >= 4 is 15.8 Å². The second-order valence-electron chi connectivity index (χ2n) is 8.53. The first-order valence-electron chi connectivity index (χ1n) is 10.2. The van der Waals surface area contributed by atoms with Crippen molar-refractivity contribution in [1.82, 2.24) is 9.29 Å². The predicted molar refractivity (Wildman–Crippen MR) is 112 cm³/mol. The lowest BCUT2D eigenvalue weighted by molar-refractivity contribution is 0.247. The highest BCUT2D eigenvalue weighted by Crippen LogP contribution is 2.41. The Morgan fingerprint density at radius 3 is 2.46 bits per heavy atom. The number of benzene rings is 1. The van der Waals surface area contributed by atoms with Gasteiger partial charge in [-0.05, 0) is 55.0 Å². The molecule has 2 aromatic rings. The summed E-state index contributed by atoms with van der Waals surface area (Å²) in [5.41, 5.74) is 1.19. The Balaban J connectivity index is 1.51. The van der Waals surface area contributed by atoms with E-state index in [-0.39, 0.29) is 5.41 Å². The van der Waals surface area contributed by atoms with Crippen LogP contribution in [0, 0.1) is 5.41 Å². The number of pyridine rings is 1. The second-order valence-corrected chi connectivity index (χ2v) is 10.5. The zero-order valence-electron chi connectivity index (χ0n) is 16.7. The van der Waals surface area contributed by atoms with E-state index >= 15 is 0 Å². The van der Waals surface area contributed by atoms with Crippen molar-refractivity contribution in [3.05, 3.63) is 54.2 Å². The van der Waals surface area contributed by atoms with E-state index in [0.29, 0.717) is 23.9 Å². The van der Waals surface area contributed by atoms with E-state index in [9.17, 15) is 8.42 Å². The third-order valence-electron chi connectivity index (χ3n) is 6.22. The summed E-state index contributed by atoms with van der Waals surface area (Å²) in [6.45, 7) is 7.30. The van der Waals surface area contributed by atoms with Gasteiger partial charge in [0.2, 0.25) is 10.0 Å². The van der Waals surface area contributed by atoms with Crippen LogP contribution in [-0.4, -0.2) is 43.9 Å². The van der Waals surface area contributed by atoms with Crippen LogP contribution in [0.3, 0.4) is 0 Å². The maximum atomic E-state index is 13.2. The first-order valence-corrected chi connectivity index (χ1v) is 11.6. The number of hydrogen-bond acceptors (Lipinski definition) is 4. The summed E-state index contributed by atoms with van der Waals surface area (Å²) < 4.78 is 28.1. The van der Waals surface area contributed by atoms with Crippen LogP contribution in [0.1, 0.15) is 44.6 Å². The fourth-order valence-corrected chi connectivity index (χ4v) is 6.10. The van der Waals surface area contributed by atoms with E-state index in [2.05, 4.69) is 23.7 Å². The molecule has 0 aliphatic carbocycles. The minimum Gasteiger partial charge on any atom is -0.356 e. The Labute approximate surface area is 168 Å². The van der Waals surface area contributed by atoms with Crippen LogP contribution in [0.15, 0.2) is 53.6 Å². The molecule has 0 bridgehead atoms. The van der Waals surface area contributed by atoms with Crippen molar-refractivity contribution in [3.63, 3.8) is 0 Å². The number of piperidine rings is 1. The highest BCUT2D eigenvalue weighted by Gasteiger charge is 2.45. The Kier molecular flexibility index (Phi) is 5.19. The Morgan fingerprint density at radius 1 is 1.00 bits per heavy atom. The van der Waals surface area contributed by atoms with Gasteiger partial charge in [0.05, 0.1) is 4.90 Å². The first kappa shape index (κ1) is 19.4. The third-order valence-corrected chi connectivity index (χ3v) is 8.08. The smallest absolute Gasteiger partial charge is 0.243 e. The predicted octanol–water partition coefficient (Wildman–Crippen LogP) is 3.89. The molecule has 0 amide bonds. The highest BCUT2D eigenvalue weighted by molar-refractivity contribution is 7.89. The Morgan fingerprint density at radius 2 is 1.79 bits per heavy atom. The third kappa shape index (κ3) is 3.67. The topological polar surface area (TPSA) is 53.5 Å². The molecule has 2 saturated heterocycles. The van der Waals surface area contributed by atoms with Crippen molar-refractivity contribution < 1.29 is 8.42 Å². The molecule has 4 rings (SSSR count). The molecular formula is C22H29N3O2S. The fourth-order valence-electron chi connectivity index (χ4n) is 4.55. The number of aromatic nitrogens is 1. The molecule has 0 unspecified atom stereocenters. The Bertz CT molecular complexity index is 913. The van der Waals surface area contributed by atoms with Gasteiger partial charge in [0.1, 0.15) is 5.82 Å². The normalized spacial score (nSPS) is 23.6. The lowest BCUT2D eigenvalue weighted by atomic mass is 9.79. The monoisotopic (exact) mass is 399 g/mol. The van der Waals surface area contributed by atoms with Crippen LogP contribution in [0.4, 0.5) is 5.82 Å². The number of sulfonamides is 1. The van der Waals surface area contributed by atoms with E-state index in [4.69, 9.17) is 0 Å². The zero-order chi connectivity index (χ0) is 19.8. The zero-order valence-corrected chi connectivity index (χ0v) is 17.5. The molecule has 0 N–H and O–H groups in total. The molecule has 6 heteroatoms. The number of hydrogen-bond donors (Lipinski definition) is 0. The lowest BCUT2D eigenvalue weighted by Gasteiger charge is -2.41. The van der Waals surface area contributed by atoms with Crippen molar-refractivity contribution in [2.75, 3.05) is 31.1 Å². The van der Waals surface area contributed by atoms with Gasteiger partial charge < -0.3 is 4.90 Å². The summed E-state index contributed by atoms with van der Waals surface area (Å²) in [5, 5.41) is 0. The van der Waals surface area contributed by atoms with E-state index in [1.54, 1.807) is 16.4 Å². The first-order chi connectivity index (χ1) is 13.4. The van der Waals surface area contributed by atoms with Gasteiger partial charge in [0.25, 0.3) is 0 Å². The van der Waals surface area contributed by atoms with Gasteiger partial charge in [0, 0.05) is 37.8 Å². The molecule has 2 aliphatic rings. The van der Waals surface area contributed by atoms with Gasteiger partial charge in [0.15, 0.2) is 0 Å². The van der Waals surface area contributed by atoms with Gasteiger partial charge in [-0.2, -0.15) is 4.31 Å². The number of anilines is 1. The van der Waals surface area contributed by atoms with Gasteiger partial charge in [-0.25, -0.2) is 13.4 Å². The van der Waals surface area contributed by atoms with Gasteiger partial charge in [-0.15, -0.1) is 0 Å². The van der Waals surface area contributed by atoms with Crippen LogP contribution in [0.2, 0.25) is 0 Å². The van der Waals surface area contributed by atoms with Gasteiger partial charge >= 0.3 is 0 Å². The SMILES string of the molecule is CC(C)c1ccc(S(=O)(=O)N2CC[C@]3(CCCN(c4ccccn4)C3)C2)cc1. The molecule has 1 spiro atoms. The molecular weight excluding hydrogens is 370 g/mol. The van der Waals surface area contributed by atoms with Crippen molar-refractivity contribution in [3.8, 4) is 0 Å². The molecule has 28 heavy (non-hydrogen) atoms. The van der Waals surface area contributed by atoms with Crippen molar-refractivity contribution in [2.24, 2.45) is 5.41 Å². The molecule has 0 radical (unpaired) electrons. The largest absolute Gasteiger partial charge is 0.356 e. The molecule has 3 heterocycles. The molecule has 2 aliphatic heterocycles. The quantitative estimate of drug-likeness (QED) is 0.783. The maximum absolute atomic E-state index is 13.2. The Hall–Kier alpha value is -1.92. The van der Waals surface area contributed by atoms with Crippen LogP contribution in [0.25, 0.3) is 0 Å². The van der Waals surface area contributed by atoms with E-state index in [1.165, 1.54) is 0 Å². The van der Waals surface area contributed by atoms with Gasteiger partial charge in [-0.3, -0.25) is 0 Å². The molecule has 150 valence electrons. The maximum Gasteiger partial charge on any atom is 0.243 e. The second kappa shape index (κ2) is 7.48. The molecule has 5 nitrogen and oxygen atoms in total. The van der Waals surface area contributed by atoms with Crippen LogP contribution < -0.4 is 4.90 Å². The summed E-state index contributed by atoms with van der Waals surface area (Å²) in [6, 6.07) is 13.4. The van der Waals surface area contributed by atoms with E-state index < -0.39 is 10.0 Å². The molecule has 2 fully saturated rings. The van der Waals surface area contributed by atoms with Crippen LogP contribution in [0.5, 0.6) is 0 Å². The summed E-state index contributed by atoms with van der Waals surface area (Å²) in [4.78, 5) is 7.21. The van der Waals surface area contributed by atoms with Crippen LogP contribution in [-0.2, 0) is 10.0 Å². The van der Waals surface area contributed by atoms with Gasteiger partial charge in [-0.1, -0.05) is 32.0 Å². The van der Waals surface area contributed by atoms with Crippen LogP contribution >= 0.6 is 0 Å². The number of nitrogens with zero attached hydrogens (tertiary/aromatic N) is 3. The molecule has 1 aromatic carbocycles. The standard InChI is InChI=1S/C22H29N3O2S/c1-18(2)19-7-9-20(10-8-19)28(26,27)25-15-12-22(17-25)11-5-14-24(16-22)21-6-3-4-13-23-21/h3-4,6-10,13,18H,5,11-12,14-17H2,1-2H3/t22-/m0/s1. The average molecular weight is 400 g/mol. The summed E-state index contributed by atoms with van der Waals surface area (Å²) in [6.07, 6.45) is 4.89. The van der Waals surface area contributed by atoms with Crippen molar-refractivity contribution in [1.29, 1.82) is 0 Å². The van der Waals surface area contributed by atoms with E-state index in [0.717, 1.165) is 43.7 Å². The van der Waals surface area contributed by atoms with E-state index in [1.807, 2.05) is 36.5 Å². The molecule has 1 atom stereocenters. The fraction of sp³-hybridized carbons (Fsp3) is 0.500. The molecule has 0 saturated carbocycles. The minimum atomic E-state index is -3.44. The average Bonchev–Trinajstić information content (AvgIpc) is 3.12. The number of rotatable bonds is 4. The summed E-state index contributed by atoms with van der Waals surface area (Å²) >= 11 is 0. The lowest BCUT2D eigenvalue weighted by Crippen LogP contribution is -2.45. The molecule has 1 aromatic heterocycles. The van der Waals surface area contributed by atoms with Crippen molar-refractivity contribution in [2.45, 2.75) is 43.9 Å².